The van der Waals surface area contributed by atoms with Gasteiger partial charge in [-0.1, -0.05) is 90.9 Å². The molecule has 2 aliphatic rings. The minimum atomic E-state index is -1.08. The Morgan fingerprint density at radius 2 is 1.38 bits per heavy atom. The average Bonchev–Trinajstić information content (AvgIpc) is 3.41. The fourth-order valence-corrected chi connectivity index (χ4v) is 5.58. The number of hydrogen-bond donors (Lipinski definition) is 2. The van der Waals surface area contributed by atoms with Crippen LogP contribution in [-0.2, 0) is 14.2 Å². The van der Waals surface area contributed by atoms with Gasteiger partial charge in [0, 0.05) is 12.8 Å². The molecule has 3 rings (SSSR count). The topological polar surface area (TPSA) is 103 Å². The fourth-order valence-electron chi connectivity index (χ4n) is 5.58. The molecule has 0 bridgehead atoms. The number of aliphatic hydroxyl groups excluding tert-OH is 1. The maximum Gasteiger partial charge on any atom is 0.330 e. The second-order valence-corrected chi connectivity index (χ2v) is 10.7. The van der Waals surface area contributed by atoms with E-state index in [0.29, 0.717) is 0 Å². The Bertz CT molecular complexity index is 901. The van der Waals surface area contributed by atoms with Gasteiger partial charge in [0.2, 0.25) is 5.82 Å². The van der Waals surface area contributed by atoms with Gasteiger partial charge < -0.3 is 19.3 Å². The van der Waals surface area contributed by atoms with Gasteiger partial charge in [0.25, 0.3) is 5.56 Å². The zero-order valence-corrected chi connectivity index (χ0v) is 22.7. The summed E-state index contributed by atoms with van der Waals surface area (Å²) in [6, 6.07) is 0. The standard InChI is InChI=1S/C28H47FN2O6/c1-3-5-7-9-11-13-15-17-28(18-16-14-12-10-8-6-4-2)36-23-22(20-32)35-26(24(23)37-28)31-19-21(29)25(33)30-27(31)34/h19,22-24,26,32H,3-18,20H2,1-2H3,(H,30,33,34)/t22-,23?,24?,26-/m1/s1. The molecule has 2 unspecified atom stereocenters. The number of hydrogen-bond acceptors (Lipinski definition) is 6. The van der Waals surface area contributed by atoms with Crippen LogP contribution in [0.15, 0.2) is 15.8 Å². The molecule has 2 saturated heterocycles. The van der Waals surface area contributed by atoms with Gasteiger partial charge in [-0.2, -0.15) is 4.39 Å². The summed E-state index contributed by atoms with van der Waals surface area (Å²) in [5, 5.41) is 9.97. The summed E-state index contributed by atoms with van der Waals surface area (Å²) >= 11 is 0. The van der Waals surface area contributed by atoms with E-state index in [9.17, 15) is 19.1 Å². The van der Waals surface area contributed by atoms with Crippen LogP contribution in [0.25, 0.3) is 0 Å². The normalized spacial score (nSPS) is 24.5. The highest BCUT2D eigenvalue weighted by Gasteiger charge is 2.58. The SMILES string of the molecule is CCCCCCCCCC1(CCCCCCCCC)OC2C(O1)[C@@H](CO)O[C@H]2n1cc(F)c(=O)[nH]c1=O. The number of fused-ring (bicyclic) bond motifs is 1. The van der Waals surface area contributed by atoms with Crippen LogP contribution in [0.1, 0.15) is 123 Å². The van der Waals surface area contributed by atoms with Gasteiger partial charge in [-0.15, -0.1) is 0 Å². The molecule has 1 aromatic rings. The molecule has 212 valence electrons. The Labute approximate surface area is 219 Å². The van der Waals surface area contributed by atoms with Crippen molar-refractivity contribution in [2.75, 3.05) is 6.61 Å². The summed E-state index contributed by atoms with van der Waals surface area (Å²) in [5.41, 5.74) is -1.86. The Morgan fingerprint density at radius 3 is 1.92 bits per heavy atom. The number of ether oxygens (including phenoxy) is 3. The van der Waals surface area contributed by atoms with Gasteiger partial charge in [-0.3, -0.25) is 14.3 Å². The molecule has 0 aromatic carbocycles. The number of H-pyrrole nitrogens is 1. The van der Waals surface area contributed by atoms with Crippen LogP contribution in [0, 0.1) is 5.82 Å². The number of nitrogens with one attached hydrogen (secondary N) is 1. The molecule has 0 radical (unpaired) electrons. The first-order valence-electron chi connectivity index (χ1n) is 14.6. The third kappa shape index (κ3) is 8.22. The van der Waals surface area contributed by atoms with Crippen LogP contribution in [0.4, 0.5) is 4.39 Å². The van der Waals surface area contributed by atoms with Crippen LogP contribution in [0.5, 0.6) is 0 Å². The van der Waals surface area contributed by atoms with Gasteiger partial charge in [0.05, 0.1) is 12.8 Å². The van der Waals surface area contributed by atoms with Crippen molar-refractivity contribution >= 4 is 0 Å². The molecule has 0 amide bonds. The lowest BCUT2D eigenvalue weighted by atomic mass is 9.98. The lowest BCUT2D eigenvalue weighted by Gasteiger charge is -2.31. The number of aliphatic hydroxyl groups is 1. The second-order valence-electron chi connectivity index (χ2n) is 10.7. The molecule has 0 saturated carbocycles. The molecule has 2 fully saturated rings. The number of nitrogens with zero attached hydrogens (tertiary/aromatic N) is 1. The first-order valence-corrected chi connectivity index (χ1v) is 14.6. The van der Waals surface area contributed by atoms with Crippen molar-refractivity contribution < 1.29 is 23.7 Å². The predicted molar refractivity (Wildman–Crippen MR) is 140 cm³/mol. The summed E-state index contributed by atoms with van der Waals surface area (Å²) in [6.45, 7) is 4.11. The van der Waals surface area contributed by atoms with Crippen molar-refractivity contribution in [3.63, 3.8) is 0 Å². The molecular weight excluding hydrogens is 479 g/mol. The van der Waals surface area contributed by atoms with E-state index in [2.05, 4.69) is 13.8 Å². The lowest BCUT2D eigenvalue weighted by molar-refractivity contribution is -0.228. The summed E-state index contributed by atoms with van der Waals surface area (Å²) in [5.74, 6) is -1.90. The van der Waals surface area contributed by atoms with Gasteiger partial charge in [0.1, 0.15) is 18.3 Å². The largest absolute Gasteiger partial charge is 0.394 e. The lowest BCUT2D eigenvalue weighted by Crippen LogP contribution is -2.39. The van der Waals surface area contributed by atoms with E-state index in [-0.39, 0.29) is 6.61 Å². The second kappa shape index (κ2) is 15.1. The number of halogens is 1. The third-order valence-electron chi connectivity index (χ3n) is 7.69. The smallest absolute Gasteiger partial charge is 0.330 e. The molecule has 37 heavy (non-hydrogen) atoms. The summed E-state index contributed by atoms with van der Waals surface area (Å²) < 4.78 is 34.0. The first-order chi connectivity index (χ1) is 17.9. The Balaban J connectivity index is 1.68. The fraction of sp³-hybridized carbons (Fsp3) is 0.857. The maximum absolute atomic E-state index is 14.0. The van der Waals surface area contributed by atoms with Crippen LogP contribution in [0.2, 0.25) is 0 Å². The molecular formula is C28H47FN2O6. The van der Waals surface area contributed by atoms with E-state index in [4.69, 9.17) is 14.2 Å². The summed E-state index contributed by atoms with van der Waals surface area (Å²) in [7, 11) is 0. The van der Waals surface area contributed by atoms with Gasteiger partial charge in [-0.05, 0) is 12.8 Å². The van der Waals surface area contributed by atoms with Gasteiger partial charge in [-0.25, -0.2) is 4.79 Å². The molecule has 2 aliphatic heterocycles. The Morgan fingerprint density at radius 1 is 0.865 bits per heavy atom. The number of aromatic nitrogens is 2. The zero-order valence-electron chi connectivity index (χ0n) is 22.7. The van der Waals surface area contributed by atoms with Gasteiger partial charge in [0.15, 0.2) is 12.0 Å². The van der Waals surface area contributed by atoms with Crippen LogP contribution in [-0.4, -0.2) is 45.4 Å². The molecule has 0 aliphatic carbocycles. The van der Waals surface area contributed by atoms with E-state index in [1.54, 1.807) is 0 Å². The minimum absolute atomic E-state index is 0.313. The van der Waals surface area contributed by atoms with Crippen molar-refractivity contribution in [2.45, 2.75) is 147 Å². The quantitative estimate of drug-likeness (QED) is 0.251. The third-order valence-corrected chi connectivity index (χ3v) is 7.69. The van der Waals surface area contributed by atoms with Crippen molar-refractivity contribution in [3.05, 3.63) is 32.9 Å². The summed E-state index contributed by atoms with van der Waals surface area (Å²) in [4.78, 5) is 26.0. The number of aromatic amines is 1. The van der Waals surface area contributed by atoms with E-state index in [0.717, 1.165) is 49.3 Å². The van der Waals surface area contributed by atoms with Crippen LogP contribution < -0.4 is 11.2 Å². The van der Waals surface area contributed by atoms with Crippen molar-refractivity contribution in [3.8, 4) is 0 Å². The van der Waals surface area contributed by atoms with E-state index >= 15 is 0 Å². The zero-order chi connectivity index (χ0) is 26.7. The molecule has 1 aromatic heterocycles. The maximum atomic E-state index is 14.0. The molecule has 0 spiro atoms. The van der Waals surface area contributed by atoms with E-state index in [1.807, 2.05) is 4.98 Å². The van der Waals surface area contributed by atoms with E-state index in [1.165, 1.54) is 64.2 Å². The number of rotatable bonds is 18. The van der Waals surface area contributed by atoms with Gasteiger partial charge >= 0.3 is 5.69 Å². The monoisotopic (exact) mass is 526 g/mol. The molecule has 4 atom stereocenters. The van der Waals surface area contributed by atoms with Crippen LogP contribution in [0.3, 0.4) is 0 Å². The minimum Gasteiger partial charge on any atom is -0.394 e. The number of unbranched alkanes of at least 4 members (excludes halogenated alkanes) is 12. The Kier molecular flexibility index (Phi) is 12.3. The summed E-state index contributed by atoms with van der Waals surface area (Å²) in [6.07, 6.45) is 15.8. The molecule has 3 heterocycles. The van der Waals surface area contributed by atoms with Crippen LogP contribution >= 0.6 is 0 Å². The average molecular weight is 527 g/mol. The molecule has 8 nitrogen and oxygen atoms in total. The predicted octanol–water partition coefficient (Wildman–Crippen LogP) is 5.33. The molecule has 2 N–H and O–H groups in total. The van der Waals surface area contributed by atoms with E-state index < -0.39 is 47.4 Å². The highest BCUT2D eigenvalue weighted by Crippen LogP contribution is 2.46. The van der Waals surface area contributed by atoms with Crippen molar-refractivity contribution in [2.24, 2.45) is 0 Å². The van der Waals surface area contributed by atoms with Crippen molar-refractivity contribution in [1.29, 1.82) is 0 Å². The first kappa shape index (κ1) is 30.0. The van der Waals surface area contributed by atoms with Crippen molar-refractivity contribution in [1.82, 2.24) is 9.55 Å². The highest BCUT2D eigenvalue weighted by atomic mass is 19.1. The molecule has 9 heteroatoms. The highest BCUT2D eigenvalue weighted by molar-refractivity contribution is 5.00. The Hall–Kier alpha value is -1.55.